The third-order valence-corrected chi connectivity index (χ3v) is 5.21. The molecular formula is C18H25N5O2. The summed E-state index contributed by atoms with van der Waals surface area (Å²) in [5.41, 5.74) is 0.910. The fraction of sp³-hybridized carbons (Fsp3) is 0.556. The quantitative estimate of drug-likeness (QED) is 0.909. The Morgan fingerprint density at radius 3 is 2.60 bits per heavy atom. The molecule has 0 bridgehead atoms. The van der Waals surface area contributed by atoms with Gasteiger partial charge in [-0.2, -0.15) is 9.78 Å². The van der Waals surface area contributed by atoms with Crippen LogP contribution in [0.3, 0.4) is 0 Å². The molecule has 2 aromatic rings. The molecule has 7 nitrogen and oxygen atoms in total. The standard InChI is InChI=1S/C18H25N5O2/c24-16-7-4-3-6-15(16)21-12-10-20(11-13-21)14-23-18(25)22-9-5-1-2-8-17(22)19-23/h3-4,6-7,24H,1-2,5,8-14H2. The Kier molecular flexibility index (Phi) is 4.48. The Bertz CT molecular complexity index is 789. The lowest BCUT2D eigenvalue weighted by Crippen LogP contribution is -2.48. The molecule has 3 heterocycles. The maximum absolute atomic E-state index is 12.6. The van der Waals surface area contributed by atoms with Gasteiger partial charge in [0.25, 0.3) is 0 Å². The molecule has 0 aliphatic carbocycles. The number of nitrogens with zero attached hydrogens (tertiary/aromatic N) is 5. The van der Waals surface area contributed by atoms with Crippen molar-refractivity contribution in [3.8, 4) is 5.75 Å². The van der Waals surface area contributed by atoms with Crippen LogP contribution in [-0.2, 0) is 19.6 Å². The van der Waals surface area contributed by atoms with Crippen LogP contribution in [0.1, 0.15) is 25.1 Å². The van der Waals surface area contributed by atoms with Crippen molar-refractivity contribution in [2.75, 3.05) is 31.1 Å². The number of anilines is 1. The molecule has 0 saturated carbocycles. The highest BCUT2D eigenvalue weighted by atomic mass is 16.3. The topological polar surface area (TPSA) is 66.5 Å². The van der Waals surface area contributed by atoms with Crippen LogP contribution in [0, 0.1) is 0 Å². The fourth-order valence-electron chi connectivity index (χ4n) is 3.77. The lowest BCUT2D eigenvalue weighted by Gasteiger charge is -2.35. The van der Waals surface area contributed by atoms with Gasteiger partial charge in [-0.25, -0.2) is 4.79 Å². The van der Waals surface area contributed by atoms with E-state index in [-0.39, 0.29) is 5.69 Å². The van der Waals surface area contributed by atoms with Crippen LogP contribution in [0.2, 0.25) is 0 Å². The average Bonchev–Trinajstić information content (AvgIpc) is 2.79. The summed E-state index contributed by atoms with van der Waals surface area (Å²) in [6, 6.07) is 7.45. The number of benzene rings is 1. The highest BCUT2D eigenvalue weighted by Gasteiger charge is 2.21. The molecule has 0 spiro atoms. The summed E-state index contributed by atoms with van der Waals surface area (Å²) in [6.07, 6.45) is 4.27. The van der Waals surface area contributed by atoms with Gasteiger partial charge >= 0.3 is 5.69 Å². The number of piperazine rings is 1. The lowest BCUT2D eigenvalue weighted by molar-refractivity contribution is 0.191. The molecule has 1 aromatic heterocycles. The van der Waals surface area contributed by atoms with Gasteiger partial charge in [0, 0.05) is 39.1 Å². The fourth-order valence-corrected chi connectivity index (χ4v) is 3.77. The monoisotopic (exact) mass is 343 g/mol. The maximum Gasteiger partial charge on any atom is 0.347 e. The van der Waals surface area contributed by atoms with Gasteiger partial charge in [0.15, 0.2) is 0 Å². The highest BCUT2D eigenvalue weighted by molar-refractivity contribution is 5.57. The number of fused-ring (bicyclic) bond motifs is 1. The van der Waals surface area contributed by atoms with Crippen LogP contribution < -0.4 is 10.6 Å². The van der Waals surface area contributed by atoms with Gasteiger partial charge < -0.3 is 10.0 Å². The summed E-state index contributed by atoms with van der Waals surface area (Å²) in [5.74, 6) is 1.26. The van der Waals surface area contributed by atoms with Crippen molar-refractivity contribution >= 4 is 5.69 Å². The van der Waals surface area contributed by atoms with E-state index < -0.39 is 0 Å². The first-order valence-corrected chi connectivity index (χ1v) is 9.14. The number of rotatable bonds is 3. The van der Waals surface area contributed by atoms with Crippen LogP contribution in [0.4, 0.5) is 5.69 Å². The maximum atomic E-state index is 12.6. The van der Waals surface area contributed by atoms with Crippen molar-refractivity contribution in [1.29, 1.82) is 0 Å². The van der Waals surface area contributed by atoms with E-state index >= 15 is 0 Å². The summed E-state index contributed by atoms with van der Waals surface area (Å²) in [5, 5.41) is 14.6. The third-order valence-electron chi connectivity index (χ3n) is 5.21. The molecule has 0 unspecified atom stereocenters. The van der Waals surface area contributed by atoms with Crippen LogP contribution >= 0.6 is 0 Å². The van der Waals surface area contributed by atoms with Crippen molar-refractivity contribution < 1.29 is 5.11 Å². The number of para-hydroxylation sites is 2. The normalized spacial score (nSPS) is 18.8. The molecule has 2 aliphatic rings. The SMILES string of the molecule is O=c1n(CN2CCN(c3ccccc3O)CC2)nc2n1CCCCC2. The summed E-state index contributed by atoms with van der Waals surface area (Å²) in [7, 11) is 0. The molecule has 1 N–H and O–H groups in total. The van der Waals surface area contributed by atoms with E-state index in [0.29, 0.717) is 12.4 Å². The van der Waals surface area contributed by atoms with E-state index in [4.69, 9.17) is 0 Å². The summed E-state index contributed by atoms with van der Waals surface area (Å²) in [6.45, 7) is 4.72. The van der Waals surface area contributed by atoms with E-state index in [0.717, 1.165) is 63.5 Å². The summed E-state index contributed by atoms with van der Waals surface area (Å²) >= 11 is 0. The average molecular weight is 343 g/mol. The molecular weight excluding hydrogens is 318 g/mol. The number of aromatic hydroxyl groups is 1. The second-order valence-electron chi connectivity index (χ2n) is 6.90. The van der Waals surface area contributed by atoms with Crippen molar-refractivity contribution in [2.45, 2.75) is 38.9 Å². The molecule has 0 radical (unpaired) electrons. The Hall–Kier alpha value is -2.28. The third kappa shape index (κ3) is 3.28. The second-order valence-corrected chi connectivity index (χ2v) is 6.90. The van der Waals surface area contributed by atoms with E-state index in [1.807, 2.05) is 22.8 Å². The largest absolute Gasteiger partial charge is 0.506 e. The Morgan fingerprint density at radius 2 is 1.80 bits per heavy atom. The first-order chi connectivity index (χ1) is 12.2. The lowest BCUT2D eigenvalue weighted by atomic mass is 10.2. The minimum absolute atomic E-state index is 0.0278. The van der Waals surface area contributed by atoms with Gasteiger partial charge in [0.2, 0.25) is 0 Å². The van der Waals surface area contributed by atoms with Gasteiger partial charge in [0.1, 0.15) is 11.6 Å². The molecule has 0 amide bonds. The molecule has 1 saturated heterocycles. The number of aryl methyl sites for hydroxylation is 1. The van der Waals surface area contributed by atoms with E-state index in [9.17, 15) is 9.90 Å². The molecule has 1 fully saturated rings. The number of aromatic nitrogens is 3. The minimum Gasteiger partial charge on any atom is -0.506 e. The van der Waals surface area contributed by atoms with Crippen LogP contribution in [0.5, 0.6) is 5.75 Å². The van der Waals surface area contributed by atoms with Gasteiger partial charge in [-0.1, -0.05) is 18.6 Å². The zero-order chi connectivity index (χ0) is 17.2. The van der Waals surface area contributed by atoms with Gasteiger partial charge in [-0.05, 0) is 25.0 Å². The number of phenolic OH excluding ortho intramolecular Hbond substituents is 1. The minimum atomic E-state index is 0.0278. The van der Waals surface area contributed by atoms with Crippen LogP contribution in [0.25, 0.3) is 0 Å². The molecule has 0 atom stereocenters. The number of hydrogen-bond donors (Lipinski definition) is 1. The zero-order valence-corrected chi connectivity index (χ0v) is 14.5. The predicted octanol–water partition coefficient (Wildman–Crippen LogP) is 1.26. The molecule has 2 aliphatic heterocycles. The smallest absolute Gasteiger partial charge is 0.347 e. The number of phenols is 1. The van der Waals surface area contributed by atoms with Crippen molar-refractivity contribution in [3.63, 3.8) is 0 Å². The zero-order valence-electron chi connectivity index (χ0n) is 14.5. The van der Waals surface area contributed by atoms with Crippen molar-refractivity contribution in [3.05, 3.63) is 40.6 Å². The first kappa shape index (κ1) is 16.2. The van der Waals surface area contributed by atoms with E-state index in [1.54, 1.807) is 10.7 Å². The Morgan fingerprint density at radius 1 is 1.00 bits per heavy atom. The Labute approximate surface area is 147 Å². The van der Waals surface area contributed by atoms with Crippen molar-refractivity contribution in [1.82, 2.24) is 19.2 Å². The molecule has 7 heteroatoms. The van der Waals surface area contributed by atoms with Gasteiger partial charge in [-0.15, -0.1) is 0 Å². The summed E-state index contributed by atoms with van der Waals surface area (Å²) in [4.78, 5) is 17.0. The molecule has 134 valence electrons. The van der Waals surface area contributed by atoms with Crippen molar-refractivity contribution in [2.24, 2.45) is 0 Å². The Balaban J connectivity index is 1.41. The predicted molar refractivity (Wildman–Crippen MR) is 95.9 cm³/mol. The van der Waals surface area contributed by atoms with Gasteiger partial charge in [0.05, 0.1) is 12.4 Å². The molecule has 4 rings (SSSR count). The van der Waals surface area contributed by atoms with E-state index in [1.165, 1.54) is 6.42 Å². The second kappa shape index (κ2) is 6.92. The first-order valence-electron chi connectivity index (χ1n) is 9.14. The summed E-state index contributed by atoms with van der Waals surface area (Å²) < 4.78 is 3.47. The number of hydrogen-bond acceptors (Lipinski definition) is 5. The van der Waals surface area contributed by atoms with Crippen LogP contribution in [-0.4, -0.2) is 50.5 Å². The van der Waals surface area contributed by atoms with E-state index in [2.05, 4.69) is 14.9 Å². The van der Waals surface area contributed by atoms with Crippen LogP contribution in [0.15, 0.2) is 29.1 Å². The highest BCUT2D eigenvalue weighted by Crippen LogP contribution is 2.27. The molecule has 25 heavy (non-hydrogen) atoms. The molecule has 1 aromatic carbocycles. The van der Waals surface area contributed by atoms with Gasteiger partial charge in [-0.3, -0.25) is 9.47 Å².